The van der Waals surface area contributed by atoms with E-state index in [9.17, 15) is 8.42 Å². The number of aromatic nitrogens is 2. The van der Waals surface area contributed by atoms with Gasteiger partial charge in [0.2, 0.25) is 15.2 Å². The van der Waals surface area contributed by atoms with Gasteiger partial charge < -0.3 is 9.64 Å². The summed E-state index contributed by atoms with van der Waals surface area (Å²) in [4.78, 5) is 2.16. The fourth-order valence-corrected chi connectivity index (χ4v) is 6.23. The second-order valence-electron chi connectivity index (χ2n) is 8.37. The van der Waals surface area contributed by atoms with Crippen LogP contribution in [0.25, 0.3) is 0 Å². The number of anilines is 1. The molecule has 2 aliphatic rings. The van der Waals surface area contributed by atoms with E-state index in [2.05, 4.69) is 50.2 Å². The van der Waals surface area contributed by atoms with Crippen LogP contribution in [0.5, 0.6) is 0 Å². The SMILES string of the molecule is Cc1nnc(N2CC[C@H](NS(C)(=O)=O)C2COC2CCC(c3ccccc3)CC2)s1. The van der Waals surface area contributed by atoms with Gasteiger partial charge in [-0.05, 0) is 50.5 Å². The van der Waals surface area contributed by atoms with E-state index in [0.29, 0.717) is 12.5 Å². The zero-order chi connectivity index (χ0) is 21.1. The van der Waals surface area contributed by atoms with Gasteiger partial charge in [-0.15, -0.1) is 10.2 Å². The summed E-state index contributed by atoms with van der Waals surface area (Å²) in [5.74, 6) is 0.609. The topological polar surface area (TPSA) is 84.4 Å². The first kappa shape index (κ1) is 21.7. The number of benzene rings is 1. The Morgan fingerprint density at radius 3 is 2.50 bits per heavy atom. The molecule has 164 valence electrons. The molecule has 2 atom stereocenters. The van der Waals surface area contributed by atoms with Gasteiger partial charge in [0.25, 0.3) is 0 Å². The van der Waals surface area contributed by atoms with Crippen LogP contribution in [0.1, 0.15) is 48.6 Å². The molecule has 0 spiro atoms. The van der Waals surface area contributed by atoms with Crippen molar-refractivity contribution in [1.82, 2.24) is 14.9 Å². The Hall–Kier alpha value is -1.55. The Balaban J connectivity index is 1.37. The van der Waals surface area contributed by atoms with Crippen molar-refractivity contribution in [3.8, 4) is 0 Å². The number of ether oxygens (including phenoxy) is 1. The molecule has 1 unspecified atom stereocenters. The van der Waals surface area contributed by atoms with Gasteiger partial charge in [-0.25, -0.2) is 13.1 Å². The summed E-state index contributed by atoms with van der Waals surface area (Å²) in [5, 5.41) is 10.2. The maximum Gasteiger partial charge on any atom is 0.209 e. The van der Waals surface area contributed by atoms with Gasteiger partial charge >= 0.3 is 0 Å². The van der Waals surface area contributed by atoms with E-state index in [0.717, 1.165) is 48.8 Å². The van der Waals surface area contributed by atoms with E-state index >= 15 is 0 Å². The first-order valence-electron chi connectivity index (χ1n) is 10.6. The molecule has 0 bridgehead atoms. The van der Waals surface area contributed by atoms with Crippen LogP contribution < -0.4 is 9.62 Å². The molecule has 1 N–H and O–H groups in total. The normalized spacial score (nSPS) is 27.5. The molecule has 2 heterocycles. The maximum atomic E-state index is 11.9. The highest BCUT2D eigenvalue weighted by atomic mass is 32.2. The second-order valence-corrected chi connectivity index (χ2v) is 11.3. The molecule has 0 radical (unpaired) electrons. The van der Waals surface area contributed by atoms with Crippen LogP contribution in [0, 0.1) is 6.92 Å². The molecule has 1 aromatic carbocycles. The molecule has 0 amide bonds. The summed E-state index contributed by atoms with van der Waals surface area (Å²) < 4.78 is 32.9. The average molecular weight is 451 g/mol. The van der Waals surface area contributed by atoms with Crippen LogP contribution in [-0.2, 0) is 14.8 Å². The Morgan fingerprint density at radius 2 is 1.87 bits per heavy atom. The number of hydrogen-bond acceptors (Lipinski definition) is 7. The molecule has 1 saturated carbocycles. The van der Waals surface area contributed by atoms with Gasteiger partial charge in [-0.3, -0.25) is 0 Å². The van der Waals surface area contributed by atoms with Crippen LogP contribution in [0.4, 0.5) is 5.13 Å². The van der Waals surface area contributed by atoms with E-state index in [1.54, 1.807) is 0 Å². The van der Waals surface area contributed by atoms with Gasteiger partial charge in [0, 0.05) is 12.6 Å². The quantitative estimate of drug-likeness (QED) is 0.698. The molecule has 4 rings (SSSR count). The highest BCUT2D eigenvalue weighted by molar-refractivity contribution is 7.88. The summed E-state index contributed by atoms with van der Waals surface area (Å²) in [7, 11) is -3.29. The predicted molar refractivity (Wildman–Crippen MR) is 120 cm³/mol. The van der Waals surface area contributed by atoms with Crippen LogP contribution >= 0.6 is 11.3 Å². The molecule has 9 heteroatoms. The highest BCUT2D eigenvalue weighted by Crippen LogP contribution is 2.35. The molecule has 2 aromatic rings. The minimum atomic E-state index is -3.29. The summed E-state index contributed by atoms with van der Waals surface area (Å²) in [6.45, 7) is 3.17. The largest absolute Gasteiger partial charge is 0.376 e. The van der Waals surface area contributed by atoms with E-state index in [1.165, 1.54) is 23.2 Å². The second kappa shape index (κ2) is 9.30. The zero-order valence-corrected chi connectivity index (χ0v) is 19.2. The molecular formula is C21H30N4O3S2. The molecule has 1 aliphatic heterocycles. The van der Waals surface area contributed by atoms with Crippen molar-refractivity contribution in [3.63, 3.8) is 0 Å². The molecule has 1 saturated heterocycles. The van der Waals surface area contributed by atoms with Gasteiger partial charge in [-0.2, -0.15) is 0 Å². The molecule has 1 aliphatic carbocycles. The molecule has 7 nitrogen and oxygen atoms in total. The van der Waals surface area contributed by atoms with Crippen molar-refractivity contribution >= 4 is 26.5 Å². The van der Waals surface area contributed by atoms with Crippen LogP contribution in [0.2, 0.25) is 0 Å². The van der Waals surface area contributed by atoms with Crippen LogP contribution in [0.15, 0.2) is 30.3 Å². The van der Waals surface area contributed by atoms with Crippen LogP contribution in [0.3, 0.4) is 0 Å². The number of aryl methyl sites for hydroxylation is 1. The van der Waals surface area contributed by atoms with E-state index in [4.69, 9.17) is 4.74 Å². The van der Waals surface area contributed by atoms with Gasteiger partial charge in [0.05, 0.1) is 25.0 Å². The third-order valence-corrected chi connectivity index (χ3v) is 7.73. The lowest BCUT2D eigenvalue weighted by Gasteiger charge is -2.32. The smallest absolute Gasteiger partial charge is 0.209 e. The van der Waals surface area contributed by atoms with Crippen molar-refractivity contribution < 1.29 is 13.2 Å². The summed E-state index contributed by atoms with van der Waals surface area (Å²) in [5.41, 5.74) is 1.42. The maximum absolute atomic E-state index is 11.9. The lowest BCUT2D eigenvalue weighted by atomic mass is 9.83. The van der Waals surface area contributed by atoms with Crippen molar-refractivity contribution in [1.29, 1.82) is 0 Å². The van der Waals surface area contributed by atoms with E-state index in [-0.39, 0.29) is 18.2 Å². The fraction of sp³-hybridized carbons (Fsp3) is 0.619. The van der Waals surface area contributed by atoms with Gasteiger partial charge in [0.1, 0.15) is 5.01 Å². The number of hydrogen-bond donors (Lipinski definition) is 1. The predicted octanol–water partition coefficient (Wildman–Crippen LogP) is 3.09. The molecule has 30 heavy (non-hydrogen) atoms. The first-order valence-corrected chi connectivity index (χ1v) is 13.3. The van der Waals surface area contributed by atoms with Crippen molar-refractivity contribution in [2.24, 2.45) is 0 Å². The Morgan fingerprint density at radius 1 is 1.13 bits per heavy atom. The lowest BCUT2D eigenvalue weighted by Crippen LogP contribution is -2.48. The van der Waals surface area contributed by atoms with Gasteiger partial charge in [-0.1, -0.05) is 41.7 Å². The van der Waals surface area contributed by atoms with Crippen LogP contribution in [-0.4, -0.2) is 56.2 Å². The minimum absolute atomic E-state index is 0.0704. The van der Waals surface area contributed by atoms with Crippen molar-refractivity contribution in [3.05, 3.63) is 40.9 Å². The van der Waals surface area contributed by atoms with E-state index < -0.39 is 10.0 Å². The summed E-state index contributed by atoms with van der Waals surface area (Å²) in [6, 6.07) is 10.5. The monoisotopic (exact) mass is 450 g/mol. The van der Waals surface area contributed by atoms with Crippen molar-refractivity contribution in [2.45, 2.75) is 63.1 Å². The molecular weight excluding hydrogens is 420 g/mol. The number of nitrogens with zero attached hydrogens (tertiary/aromatic N) is 3. The third-order valence-electron chi connectivity index (χ3n) is 6.12. The number of nitrogens with one attached hydrogen (secondary N) is 1. The first-order chi connectivity index (χ1) is 14.4. The lowest BCUT2D eigenvalue weighted by molar-refractivity contribution is 0.0157. The highest BCUT2D eigenvalue weighted by Gasteiger charge is 2.38. The van der Waals surface area contributed by atoms with E-state index in [1.807, 2.05) is 6.92 Å². The third kappa shape index (κ3) is 5.38. The Kier molecular flexibility index (Phi) is 6.72. The standard InChI is InChI=1S/C21H30N4O3S2/c1-15-22-23-21(29-15)25-13-12-19(24-30(2,26)27)20(25)14-28-18-10-8-17(9-11-18)16-6-4-3-5-7-16/h3-7,17-20,24H,8-14H2,1-2H3/t17?,18?,19-,20?/m0/s1. The Labute approximate surface area is 182 Å². The summed E-state index contributed by atoms with van der Waals surface area (Å²) in [6.07, 6.45) is 6.51. The minimum Gasteiger partial charge on any atom is -0.376 e. The zero-order valence-electron chi connectivity index (χ0n) is 17.5. The number of rotatable bonds is 7. The molecule has 2 fully saturated rings. The van der Waals surface area contributed by atoms with Gasteiger partial charge in [0.15, 0.2) is 0 Å². The average Bonchev–Trinajstić information content (AvgIpc) is 3.32. The number of sulfonamides is 1. The fourth-order valence-electron chi connectivity index (χ4n) is 4.63. The molecule has 1 aromatic heterocycles. The van der Waals surface area contributed by atoms with Crippen molar-refractivity contribution in [2.75, 3.05) is 24.3 Å². The summed E-state index contributed by atoms with van der Waals surface area (Å²) >= 11 is 1.54. The Bertz CT molecular complexity index is 927.